The lowest BCUT2D eigenvalue weighted by Gasteiger charge is -2.24. The molecule has 0 saturated carbocycles. The summed E-state index contributed by atoms with van der Waals surface area (Å²) < 4.78 is 0.569. The van der Waals surface area contributed by atoms with E-state index in [9.17, 15) is 14.7 Å². The number of thiophene rings is 1. The number of amides is 1. The molecule has 1 N–H and O–H groups in total. The maximum atomic E-state index is 13.4. The Labute approximate surface area is 243 Å². The first kappa shape index (κ1) is 26.5. The van der Waals surface area contributed by atoms with Gasteiger partial charge in [-0.2, -0.15) is 0 Å². The molecule has 4 aromatic rings. The Morgan fingerprint density at radius 2 is 1.84 bits per heavy atom. The number of aromatic nitrogens is 2. The number of ketones is 1. The summed E-state index contributed by atoms with van der Waals surface area (Å²) in [6.45, 7) is 0. The maximum Gasteiger partial charge on any atom is 0.296 e. The van der Waals surface area contributed by atoms with Crippen molar-refractivity contribution < 1.29 is 14.7 Å². The van der Waals surface area contributed by atoms with Gasteiger partial charge in [0.1, 0.15) is 0 Å². The van der Waals surface area contributed by atoms with Crippen LogP contribution in [-0.4, -0.2) is 27.0 Å². The van der Waals surface area contributed by atoms with Crippen molar-refractivity contribution in [3.8, 4) is 0 Å². The summed E-state index contributed by atoms with van der Waals surface area (Å²) in [6, 6.07) is 12.4. The van der Waals surface area contributed by atoms with Crippen LogP contribution in [0.15, 0.2) is 69.6 Å². The number of halogens is 4. The molecule has 37 heavy (non-hydrogen) atoms. The minimum atomic E-state index is -0.978. The van der Waals surface area contributed by atoms with E-state index in [0.717, 1.165) is 16.9 Å². The third-order valence-electron chi connectivity index (χ3n) is 5.43. The Bertz CT molecular complexity index is 1560. The summed E-state index contributed by atoms with van der Waals surface area (Å²) in [5.41, 5.74) is 1.29. The van der Waals surface area contributed by atoms with Crippen molar-refractivity contribution in [3.63, 3.8) is 0 Å². The number of benzene rings is 2. The third kappa shape index (κ3) is 5.27. The summed E-state index contributed by atoms with van der Waals surface area (Å²) in [7, 11) is 0. The maximum absolute atomic E-state index is 13.4. The largest absolute Gasteiger partial charge is 0.503 e. The van der Waals surface area contributed by atoms with Gasteiger partial charge in [-0.25, -0.2) is 0 Å². The molecule has 0 radical (unpaired) electrons. The zero-order valence-corrected chi connectivity index (χ0v) is 23.8. The lowest BCUT2D eigenvalue weighted by Crippen LogP contribution is -2.31. The molecule has 0 bridgehead atoms. The minimum Gasteiger partial charge on any atom is -0.503 e. The number of nitrogens with zero attached hydrogens (tertiary/aromatic N) is 3. The van der Waals surface area contributed by atoms with E-state index in [-0.39, 0.29) is 15.7 Å². The van der Waals surface area contributed by atoms with E-state index in [1.54, 1.807) is 47.8 Å². The average Bonchev–Trinajstić information content (AvgIpc) is 3.61. The number of carbonyl (C=O) groups excluding carboxylic acids is 2. The van der Waals surface area contributed by atoms with Crippen LogP contribution >= 0.6 is 80.8 Å². The number of hydrogen-bond acceptors (Lipinski definition) is 8. The molecule has 5 rings (SSSR count). The van der Waals surface area contributed by atoms with Gasteiger partial charge >= 0.3 is 0 Å². The Hall–Kier alpha value is -2.11. The van der Waals surface area contributed by atoms with E-state index in [2.05, 4.69) is 10.2 Å². The van der Waals surface area contributed by atoms with Crippen LogP contribution in [0.3, 0.4) is 0 Å². The smallest absolute Gasteiger partial charge is 0.296 e. The molecule has 1 atom stereocenters. The molecular weight excluding hydrogens is 616 g/mol. The van der Waals surface area contributed by atoms with Crippen LogP contribution in [-0.2, 0) is 10.5 Å². The van der Waals surface area contributed by atoms with Crippen LogP contribution in [0.1, 0.15) is 26.8 Å². The molecule has 0 saturated heterocycles. The zero-order chi connectivity index (χ0) is 26.3. The van der Waals surface area contributed by atoms with Gasteiger partial charge in [0.05, 0.1) is 26.5 Å². The molecule has 1 amide bonds. The van der Waals surface area contributed by atoms with Gasteiger partial charge in [0.15, 0.2) is 10.1 Å². The van der Waals surface area contributed by atoms with Gasteiger partial charge in [-0.15, -0.1) is 21.5 Å². The number of hydrogen-bond donors (Lipinski definition) is 1. The van der Waals surface area contributed by atoms with Crippen molar-refractivity contribution in [3.05, 3.63) is 101 Å². The molecule has 3 heterocycles. The first-order valence-corrected chi connectivity index (χ1v) is 14.6. The van der Waals surface area contributed by atoms with Gasteiger partial charge in [-0.1, -0.05) is 87.7 Å². The number of Topliss-reactive ketones (excluding diaryl/α,β-unsaturated/α-hetero) is 1. The van der Waals surface area contributed by atoms with E-state index < -0.39 is 23.5 Å². The zero-order valence-electron chi connectivity index (χ0n) is 18.3. The predicted molar refractivity (Wildman–Crippen MR) is 151 cm³/mol. The quantitative estimate of drug-likeness (QED) is 0.126. The Morgan fingerprint density at radius 3 is 2.54 bits per heavy atom. The van der Waals surface area contributed by atoms with Crippen molar-refractivity contribution in [2.75, 3.05) is 4.90 Å². The number of rotatable bonds is 7. The Balaban J connectivity index is 1.50. The standard InChI is InChI=1S/C24H13Cl4N3O3S3/c25-13-5-3-12(15(27)9-13)10-36-24-30-29-23(37-24)31-19(11-4-6-14(26)16(28)8-11)18(21(33)22(31)34)20(32)17-2-1-7-35-17/h1-9,19,33H,10H2. The summed E-state index contributed by atoms with van der Waals surface area (Å²) in [4.78, 5) is 28.3. The van der Waals surface area contributed by atoms with E-state index in [0.29, 0.717) is 35.6 Å². The molecule has 1 aliphatic heterocycles. The second kappa shape index (κ2) is 10.9. The fourth-order valence-corrected chi connectivity index (χ4v) is 7.12. The molecule has 6 nitrogen and oxygen atoms in total. The lowest BCUT2D eigenvalue weighted by molar-refractivity contribution is -0.117. The number of anilines is 1. The molecular formula is C24H13Cl4N3O3S3. The highest BCUT2D eigenvalue weighted by molar-refractivity contribution is 8.00. The molecule has 0 fully saturated rings. The molecule has 2 aromatic carbocycles. The van der Waals surface area contributed by atoms with Crippen molar-refractivity contribution >= 4 is 97.7 Å². The summed E-state index contributed by atoms with van der Waals surface area (Å²) in [5, 5.41) is 22.9. The van der Waals surface area contributed by atoms with Crippen LogP contribution in [0.5, 0.6) is 0 Å². The van der Waals surface area contributed by atoms with Gasteiger partial charge < -0.3 is 5.11 Å². The molecule has 188 valence electrons. The normalized spacial score (nSPS) is 15.6. The fraction of sp³-hybridized carbons (Fsp3) is 0.0833. The van der Waals surface area contributed by atoms with Crippen molar-refractivity contribution in [2.45, 2.75) is 16.1 Å². The van der Waals surface area contributed by atoms with E-state index in [4.69, 9.17) is 46.4 Å². The molecule has 1 unspecified atom stereocenters. The van der Waals surface area contributed by atoms with Gasteiger partial charge in [0.2, 0.25) is 10.9 Å². The van der Waals surface area contributed by atoms with Crippen LogP contribution in [0.2, 0.25) is 20.1 Å². The predicted octanol–water partition coefficient (Wildman–Crippen LogP) is 8.29. The van der Waals surface area contributed by atoms with Gasteiger partial charge in [-0.05, 0) is 46.8 Å². The number of aliphatic hydroxyl groups excluding tert-OH is 1. The SMILES string of the molecule is O=C(C1=C(O)C(=O)N(c2nnc(SCc3ccc(Cl)cc3Cl)s2)C1c1ccc(Cl)c(Cl)c1)c1cccs1. The van der Waals surface area contributed by atoms with Crippen molar-refractivity contribution in [1.82, 2.24) is 10.2 Å². The van der Waals surface area contributed by atoms with Crippen LogP contribution < -0.4 is 4.90 Å². The Morgan fingerprint density at radius 1 is 1.03 bits per heavy atom. The van der Waals surface area contributed by atoms with E-state index >= 15 is 0 Å². The number of thioether (sulfide) groups is 1. The fourth-order valence-electron chi connectivity index (χ4n) is 3.71. The first-order valence-electron chi connectivity index (χ1n) is 10.4. The van der Waals surface area contributed by atoms with E-state index in [1.165, 1.54) is 28.0 Å². The van der Waals surface area contributed by atoms with Crippen molar-refractivity contribution in [2.24, 2.45) is 0 Å². The van der Waals surface area contributed by atoms with Gasteiger partial charge in [0, 0.05) is 15.8 Å². The average molecular weight is 629 g/mol. The summed E-state index contributed by atoms with van der Waals surface area (Å²) in [5.74, 6) is -1.37. The lowest BCUT2D eigenvalue weighted by atomic mass is 9.95. The number of carbonyl (C=O) groups is 2. The molecule has 1 aliphatic rings. The minimum absolute atomic E-state index is 0.0665. The van der Waals surface area contributed by atoms with Crippen LogP contribution in [0.4, 0.5) is 5.13 Å². The van der Waals surface area contributed by atoms with Crippen molar-refractivity contribution in [1.29, 1.82) is 0 Å². The van der Waals surface area contributed by atoms with E-state index in [1.807, 2.05) is 6.07 Å². The molecule has 0 spiro atoms. The molecule has 13 heteroatoms. The Kier molecular flexibility index (Phi) is 7.83. The highest BCUT2D eigenvalue weighted by Crippen LogP contribution is 2.45. The number of aliphatic hydroxyl groups is 1. The van der Waals surface area contributed by atoms with Gasteiger partial charge in [-0.3, -0.25) is 14.5 Å². The van der Waals surface area contributed by atoms with Gasteiger partial charge in [0.25, 0.3) is 5.91 Å². The first-order chi connectivity index (χ1) is 17.7. The topological polar surface area (TPSA) is 83.4 Å². The highest BCUT2D eigenvalue weighted by Gasteiger charge is 2.46. The van der Waals surface area contributed by atoms with Crippen LogP contribution in [0.25, 0.3) is 0 Å². The molecule has 2 aromatic heterocycles. The summed E-state index contributed by atoms with van der Waals surface area (Å²) in [6.07, 6.45) is 0. The second-order valence-corrected chi connectivity index (χ2v) is 12.5. The summed E-state index contributed by atoms with van der Waals surface area (Å²) >= 11 is 28.4. The monoisotopic (exact) mass is 627 g/mol. The second-order valence-electron chi connectivity index (χ2n) is 7.69. The molecule has 0 aliphatic carbocycles. The highest BCUT2D eigenvalue weighted by atomic mass is 35.5. The van der Waals surface area contributed by atoms with Crippen LogP contribution in [0, 0.1) is 0 Å². The third-order valence-corrected chi connectivity index (χ3v) is 9.72.